The van der Waals surface area contributed by atoms with Crippen LogP contribution in [-0.4, -0.2) is 65.3 Å². The number of aromatic nitrogens is 1. The second-order valence-corrected chi connectivity index (χ2v) is 11.2. The van der Waals surface area contributed by atoms with Gasteiger partial charge in [0.25, 0.3) is 0 Å². The van der Waals surface area contributed by atoms with Crippen LogP contribution in [0, 0.1) is 5.41 Å². The molecule has 2 aliphatic heterocycles. The summed E-state index contributed by atoms with van der Waals surface area (Å²) in [6, 6.07) is 5.64. The van der Waals surface area contributed by atoms with Crippen LogP contribution in [0.4, 0.5) is 4.79 Å². The molecule has 210 valence electrons. The Kier molecular flexibility index (Phi) is 8.77. The molecule has 0 saturated carbocycles. The van der Waals surface area contributed by atoms with Gasteiger partial charge in [0.2, 0.25) is 11.8 Å². The first-order valence-electron chi connectivity index (χ1n) is 13.7. The van der Waals surface area contributed by atoms with E-state index in [9.17, 15) is 14.4 Å². The highest BCUT2D eigenvalue weighted by atomic mass is 16.5. The third-order valence-electron chi connectivity index (χ3n) is 7.32. The van der Waals surface area contributed by atoms with E-state index in [2.05, 4.69) is 35.1 Å². The van der Waals surface area contributed by atoms with Crippen LogP contribution in [0.25, 0.3) is 10.8 Å². The summed E-state index contributed by atoms with van der Waals surface area (Å²) in [5, 5.41) is 4.62. The fourth-order valence-electron chi connectivity index (χ4n) is 5.30. The van der Waals surface area contributed by atoms with Gasteiger partial charge in [-0.1, -0.05) is 39.0 Å². The summed E-state index contributed by atoms with van der Waals surface area (Å²) in [4.78, 5) is 46.0. The van der Waals surface area contributed by atoms with Crippen molar-refractivity contribution < 1.29 is 28.6 Å². The lowest BCUT2D eigenvalue weighted by Crippen LogP contribution is -2.59. The number of carbonyl (C=O) groups is 3. The summed E-state index contributed by atoms with van der Waals surface area (Å²) >= 11 is 0. The molecule has 0 radical (unpaired) electrons. The van der Waals surface area contributed by atoms with Gasteiger partial charge in [0, 0.05) is 18.0 Å². The first-order valence-corrected chi connectivity index (χ1v) is 13.7. The number of alkyl carbamates (subject to hydrolysis) is 1. The van der Waals surface area contributed by atoms with Gasteiger partial charge >= 0.3 is 12.1 Å². The molecule has 4 atom stereocenters. The minimum Gasteiger partial charge on any atom is -0.471 e. The molecule has 0 aliphatic carbocycles. The van der Waals surface area contributed by atoms with Crippen LogP contribution < -0.4 is 10.1 Å². The first kappa shape index (κ1) is 28.4. The molecule has 39 heavy (non-hydrogen) atoms. The maximum atomic E-state index is 14.1. The lowest BCUT2D eigenvalue weighted by Gasteiger charge is -2.37. The van der Waals surface area contributed by atoms with Gasteiger partial charge < -0.3 is 24.4 Å². The second kappa shape index (κ2) is 12.1. The zero-order chi connectivity index (χ0) is 28.2. The average molecular weight is 538 g/mol. The van der Waals surface area contributed by atoms with Gasteiger partial charge in [0.1, 0.15) is 18.2 Å². The van der Waals surface area contributed by atoms with Crippen LogP contribution in [0.5, 0.6) is 5.88 Å². The molecule has 1 saturated heterocycles. The van der Waals surface area contributed by atoms with Crippen LogP contribution in [0.2, 0.25) is 0 Å². The van der Waals surface area contributed by atoms with Crippen molar-refractivity contribution >= 4 is 28.7 Å². The molecular weight excluding hydrogens is 498 g/mol. The fraction of sp³-hybridized carbons (Fsp3) is 0.533. The van der Waals surface area contributed by atoms with E-state index in [0.29, 0.717) is 12.3 Å². The molecule has 2 amide bonds. The maximum absolute atomic E-state index is 14.1. The van der Waals surface area contributed by atoms with Gasteiger partial charge in [-0.2, -0.15) is 0 Å². The largest absolute Gasteiger partial charge is 0.471 e. The number of rotatable bonds is 3. The number of aryl methyl sites for hydroxylation is 1. The Labute approximate surface area is 229 Å². The molecule has 4 bridgehead atoms. The Morgan fingerprint density at radius 3 is 2.74 bits per heavy atom. The third-order valence-corrected chi connectivity index (χ3v) is 7.32. The highest BCUT2D eigenvalue weighted by Crippen LogP contribution is 2.35. The molecule has 1 fully saturated rings. The summed E-state index contributed by atoms with van der Waals surface area (Å²) < 4.78 is 17.2. The number of benzene rings is 1. The van der Waals surface area contributed by atoms with E-state index in [1.165, 1.54) is 4.90 Å². The molecule has 0 spiro atoms. The van der Waals surface area contributed by atoms with Crippen molar-refractivity contribution in [3.63, 3.8) is 0 Å². The summed E-state index contributed by atoms with van der Waals surface area (Å²) in [7, 11) is 0. The number of pyridine rings is 1. The molecule has 9 heteroatoms. The molecule has 2 aromatic rings. The lowest BCUT2D eigenvalue weighted by atomic mass is 9.85. The number of ether oxygens (including phenoxy) is 3. The van der Waals surface area contributed by atoms with Crippen LogP contribution in [0.15, 0.2) is 43.1 Å². The van der Waals surface area contributed by atoms with Gasteiger partial charge in [-0.25, -0.2) is 14.6 Å². The Bertz CT molecular complexity index is 1220. The highest BCUT2D eigenvalue weighted by molar-refractivity contribution is 5.92. The maximum Gasteiger partial charge on any atom is 0.407 e. The van der Waals surface area contributed by atoms with E-state index in [1.807, 2.05) is 26.8 Å². The van der Waals surface area contributed by atoms with E-state index in [0.717, 1.165) is 35.6 Å². The Morgan fingerprint density at radius 1 is 1.23 bits per heavy atom. The monoisotopic (exact) mass is 537 g/mol. The van der Waals surface area contributed by atoms with Crippen molar-refractivity contribution in [1.82, 2.24) is 15.2 Å². The van der Waals surface area contributed by atoms with Crippen molar-refractivity contribution in [2.75, 3.05) is 13.2 Å². The van der Waals surface area contributed by atoms with E-state index in [4.69, 9.17) is 14.2 Å². The van der Waals surface area contributed by atoms with E-state index >= 15 is 0 Å². The fourth-order valence-corrected chi connectivity index (χ4v) is 5.30. The lowest BCUT2D eigenvalue weighted by molar-refractivity contribution is -0.155. The van der Waals surface area contributed by atoms with Crippen LogP contribution in [-0.2, 0) is 25.5 Å². The number of nitrogens with one attached hydrogen (secondary N) is 1. The molecule has 4 rings (SSSR count). The topological polar surface area (TPSA) is 107 Å². The summed E-state index contributed by atoms with van der Waals surface area (Å²) in [5.41, 5.74) is 0.482. The zero-order valence-electron chi connectivity index (χ0n) is 23.3. The minimum absolute atomic E-state index is 0.169. The molecule has 3 heterocycles. The molecule has 1 N–H and O–H groups in total. The van der Waals surface area contributed by atoms with E-state index in [-0.39, 0.29) is 19.6 Å². The van der Waals surface area contributed by atoms with E-state index in [1.54, 1.807) is 19.2 Å². The SMILES string of the molecule is C=CC1[C@H]2C[C@@H](C(=O)OCC)N1C(=O)[C@H](C(C)(C)C)NC(=O)OCCCCCc1ccc3ccnc(c3c1)O2. The number of nitrogens with zero attached hydrogens (tertiary/aromatic N) is 2. The molecular formula is C30H39N3O6. The van der Waals surface area contributed by atoms with Gasteiger partial charge in [-0.05, 0) is 61.1 Å². The average Bonchev–Trinajstić information content (AvgIpc) is 3.26. The summed E-state index contributed by atoms with van der Waals surface area (Å²) in [5.74, 6) is -0.515. The van der Waals surface area contributed by atoms with Gasteiger partial charge in [0.15, 0.2) is 0 Å². The number of fused-ring (bicyclic) bond motifs is 3. The molecule has 1 unspecified atom stereocenters. The zero-order valence-corrected chi connectivity index (χ0v) is 23.3. The number of hydrogen-bond acceptors (Lipinski definition) is 7. The number of esters is 1. The van der Waals surface area contributed by atoms with Gasteiger partial charge in [-0.15, -0.1) is 6.58 Å². The Morgan fingerprint density at radius 2 is 2.03 bits per heavy atom. The van der Waals surface area contributed by atoms with Crippen molar-refractivity contribution in [3.8, 4) is 5.88 Å². The molecule has 9 nitrogen and oxygen atoms in total. The van der Waals surface area contributed by atoms with Crippen LogP contribution >= 0.6 is 0 Å². The molecule has 1 aromatic carbocycles. The van der Waals surface area contributed by atoms with Crippen molar-refractivity contribution in [2.45, 2.75) is 84.0 Å². The third kappa shape index (κ3) is 6.34. The Balaban J connectivity index is 1.79. The number of amides is 2. The normalized spacial score (nSPS) is 24.8. The van der Waals surface area contributed by atoms with Gasteiger partial charge in [-0.3, -0.25) is 4.79 Å². The number of cyclic esters (lactones) is 1. The summed E-state index contributed by atoms with van der Waals surface area (Å²) in [6.45, 7) is 11.7. The molecule has 1 aromatic heterocycles. The van der Waals surface area contributed by atoms with Crippen LogP contribution in [0.3, 0.4) is 0 Å². The van der Waals surface area contributed by atoms with Gasteiger partial charge in [0.05, 0.1) is 19.3 Å². The van der Waals surface area contributed by atoms with Crippen molar-refractivity contribution in [2.24, 2.45) is 5.41 Å². The minimum atomic E-state index is -0.958. The predicted octanol–water partition coefficient (Wildman–Crippen LogP) is 4.57. The first-order chi connectivity index (χ1) is 18.6. The Hall–Kier alpha value is -3.62. The number of hydrogen-bond donors (Lipinski definition) is 1. The molecule has 2 aliphatic rings. The quantitative estimate of drug-likeness (QED) is 0.452. The predicted molar refractivity (Wildman–Crippen MR) is 147 cm³/mol. The van der Waals surface area contributed by atoms with Crippen molar-refractivity contribution in [1.29, 1.82) is 0 Å². The number of carbonyl (C=O) groups excluding carboxylic acids is 3. The van der Waals surface area contributed by atoms with Crippen molar-refractivity contribution in [3.05, 3.63) is 48.7 Å². The smallest absolute Gasteiger partial charge is 0.407 e. The second-order valence-electron chi connectivity index (χ2n) is 11.2. The standard InChI is InChI=1S/C30H39N3O6/c1-6-22-24-18-23(28(35)37-7-2)33(22)27(34)25(30(3,4)5)32-29(36)38-16-10-8-9-11-19-12-13-20-14-15-31-26(39-24)21(20)17-19/h6,12-15,17,22-25H,1,7-11,16,18H2,2-5H3,(H,32,36)/t22?,23-,24+,25+/m0/s1. The summed E-state index contributed by atoms with van der Waals surface area (Å²) in [6.07, 6.45) is 5.63. The van der Waals surface area contributed by atoms with E-state index < -0.39 is 47.6 Å². The van der Waals surface area contributed by atoms with Crippen LogP contribution in [0.1, 0.15) is 58.9 Å². The highest BCUT2D eigenvalue weighted by Gasteiger charge is 2.51.